The average Bonchev–Trinajstić information content (AvgIpc) is 3.16. The second-order valence-electron chi connectivity index (χ2n) is 12.6. The van der Waals surface area contributed by atoms with Crippen molar-refractivity contribution in [2.75, 3.05) is 50.1 Å². The minimum absolute atomic E-state index is 0.0968. The van der Waals surface area contributed by atoms with Crippen molar-refractivity contribution in [2.45, 2.75) is 28.8 Å². The van der Waals surface area contributed by atoms with Crippen LogP contribution in [0.15, 0.2) is 125 Å². The minimum atomic E-state index is -4.44. The molecule has 0 saturated heterocycles. The number of carbonyl (C=O) groups excluding carboxylic acids is 1. The van der Waals surface area contributed by atoms with E-state index in [1.54, 1.807) is 42.2 Å². The van der Waals surface area contributed by atoms with Gasteiger partial charge < -0.3 is 20.9 Å². The fourth-order valence-corrected chi connectivity index (χ4v) is 7.43. The van der Waals surface area contributed by atoms with Gasteiger partial charge in [-0.3, -0.25) is 19.9 Å². The quantitative estimate of drug-likeness (QED) is 0.0309. The summed E-state index contributed by atoms with van der Waals surface area (Å²) in [6.45, 7) is 2.44. The van der Waals surface area contributed by atoms with E-state index in [-0.39, 0.29) is 23.1 Å². The maximum absolute atomic E-state index is 13.4. The van der Waals surface area contributed by atoms with E-state index in [1.807, 2.05) is 66.2 Å². The standard InChI is InChI=1S/C39H42FN7O5S2/c1-46(2)24-20-33(27-53-34-8-4-3-5-9-34)44-36-19-18-35(25-37(36)47(49)50)54(51,52)45-39(48)29-12-16-32(17-13-29)42-23-22-41-26-30-7-6-21-43-38(30)28-10-14-31(40)15-11-28/h3-19,21,25,33,41-42,44H,20,22-24,26-27H2,1-2H3,(H,45,48)/t33-/m1/s1. The highest BCUT2D eigenvalue weighted by Crippen LogP contribution is 2.30. The van der Waals surface area contributed by atoms with Crippen LogP contribution in [-0.2, 0) is 16.6 Å². The van der Waals surface area contributed by atoms with Crippen molar-refractivity contribution in [3.8, 4) is 11.3 Å². The summed E-state index contributed by atoms with van der Waals surface area (Å²) in [5.74, 6) is -0.553. The second-order valence-corrected chi connectivity index (χ2v) is 15.4. The van der Waals surface area contributed by atoms with Gasteiger partial charge in [-0.05, 0) is 111 Å². The third kappa shape index (κ3) is 11.6. The Bertz CT molecular complexity index is 2120. The molecular weight excluding hydrogens is 730 g/mol. The molecule has 15 heteroatoms. The molecule has 12 nitrogen and oxygen atoms in total. The number of pyridine rings is 1. The predicted octanol–water partition coefficient (Wildman–Crippen LogP) is 6.64. The summed E-state index contributed by atoms with van der Waals surface area (Å²) >= 11 is 1.62. The molecule has 1 atom stereocenters. The van der Waals surface area contributed by atoms with Crippen molar-refractivity contribution >= 4 is 44.8 Å². The number of hydrogen-bond donors (Lipinski definition) is 4. The molecule has 1 heterocycles. The number of sulfonamides is 1. The molecule has 0 spiro atoms. The van der Waals surface area contributed by atoms with Gasteiger partial charge in [-0.25, -0.2) is 17.5 Å². The molecule has 0 aliphatic heterocycles. The van der Waals surface area contributed by atoms with Crippen molar-refractivity contribution in [3.05, 3.63) is 142 Å². The Morgan fingerprint density at radius 1 is 0.944 bits per heavy atom. The van der Waals surface area contributed by atoms with E-state index in [0.717, 1.165) is 34.3 Å². The summed E-state index contributed by atoms with van der Waals surface area (Å²) in [7, 11) is -0.546. The zero-order chi connectivity index (χ0) is 38.5. The van der Waals surface area contributed by atoms with Crippen molar-refractivity contribution in [1.29, 1.82) is 0 Å². The number of rotatable bonds is 19. The summed E-state index contributed by atoms with van der Waals surface area (Å²) in [5, 5.41) is 22.0. The van der Waals surface area contributed by atoms with Crippen LogP contribution in [0.2, 0.25) is 0 Å². The third-order valence-corrected chi connectivity index (χ3v) is 10.8. The molecule has 0 bridgehead atoms. The topological polar surface area (TPSA) is 159 Å². The molecule has 0 fully saturated rings. The maximum Gasteiger partial charge on any atom is 0.293 e. The number of aromatic nitrogens is 1. The normalized spacial score (nSPS) is 11.9. The molecular formula is C39H42FN7O5S2. The number of hydrogen-bond acceptors (Lipinski definition) is 11. The van der Waals surface area contributed by atoms with E-state index < -0.39 is 31.4 Å². The van der Waals surface area contributed by atoms with Crippen LogP contribution in [0.3, 0.4) is 0 Å². The lowest BCUT2D eigenvalue weighted by Crippen LogP contribution is -2.31. The number of thioether (sulfide) groups is 1. The van der Waals surface area contributed by atoms with E-state index in [1.165, 1.54) is 36.4 Å². The maximum atomic E-state index is 13.4. The van der Waals surface area contributed by atoms with Crippen molar-refractivity contribution in [1.82, 2.24) is 19.9 Å². The van der Waals surface area contributed by atoms with Crippen LogP contribution < -0.4 is 20.7 Å². The Balaban J connectivity index is 1.15. The van der Waals surface area contributed by atoms with Gasteiger partial charge in [-0.1, -0.05) is 24.3 Å². The average molecular weight is 772 g/mol. The molecule has 0 aliphatic carbocycles. The molecule has 0 unspecified atom stereocenters. The number of carbonyl (C=O) groups is 1. The number of halogens is 1. The summed E-state index contributed by atoms with van der Waals surface area (Å²) in [5.41, 5.74) is 3.15. The summed E-state index contributed by atoms with van der Waals surface area (Å²) in [6.07, 6.45) is 2.39. The Morgan fingerprint density at radius 2 is 1.69 bits per heavy atom. The van der Waals surface area contributed by atoms with Gasteiger partial charge in [0.1, 0.15) is 11.5 Å². The summed E-state index contributed by atoms with van der Waals surface area (Å²) in [4.78, 5) is 31.6. The Hall–Kier alpha value is -5.35. The van der Waals surface area contributed by atoms with Crippen LogP contribution in [0, 0.1) is 15.9 Å². The highest BCUT2D eigenvalue weighted by molar-refractivity contribution is 7.99. The van der Waals surface area contributed by atoms with Crippen LogP contribution in [0.5, 0.6) is 0 Å². The second kappa shape index (κ2) is 19.1. The lowest BCUT2D eigenvalue weighted by atomic mass is 10.1. The molecule has 282 valence electrons. The number of anilines is 2. The first-order chi connectivity index (χ1) is 26.0. The molecule has 54 heavy (non-hydrogen) atoms. The number of amides is 1. The lowest BCUT2D eigenvalue weighted by molar-refractivity contribution is -0.384. The molecule has 1 aromatic heterocycles. The van der Waals surface area contributed by atoms with Gasteiger partial charge in [0.2, 0.25) is 0 Å². The fraction of sp³-hybridized carbons (Fsp3) is 0.231. The van der Waals surface area contributed by atoms with Crippen molar-refractivity contribution in [3.63, 3.8) is 0 Å². The monoisotopic (exact) mass is 771 g/mol. The Kier molecular flexibility index (Phi) is 14.1. The summed E-state index contributed by atoms with van der Waals surface area (Å²) in [6, 6.07) is 29.5. The van der Waals surface area contributed by atoms with E-state index >= 15 is 0 Å². The first-order valence-corrected chi connectivity index (χ1v) is 19.6. The van der Waals surface area contributed by atoms with Gasteiger partial charge >= 0.3 is 0 Å². The SMILES string of the molecule is CN(C)CC[C@H](CSc1ccccc1)Nc1ccc(S(=O)(=O)NC(=O)c2ccc(NCCNCc3cccnc3-c3ccc(F)cc3)cc2)cc1[N+](=O)[O-]. The third-order valence-electron chi connectivity index (χ3n) is 8.28. The molecule has 0 aliphatic rings. The van der Waals surface area contributed by atoms with Gasteiger partial charge in [0, 0.05) is 65.4 Å². The largest absolute Gasteiger partial charge is 0.384 e. The smallest absolute Gasteiger partial charge is 0.293 e. The van der Waals surface area contributed by atoms with Gasteiger partial charge in [0.15, 0.2) is 0 Å². The number of nitro groups is 1. The van der Waals surface area contributed by atoms with E-state index in [9.17, 15) is 27.7 Å². The predicted molar refractivity (Wildman–Crippen MR) is 212 cm³/mol. The van der Waals surface area contributed by atoms with E-state index in [4.69, 9.17) is 0 Å². The van der Waals surface area contributed by atoms with Gasteiger partial charge in [-0.15, -0.1) is 11.8 Å². The van der Waals surface area contributed by atoms with Crippen LogP contribution in [-0.4, -0.2) is 74.7 Å². The van der Waals surface area contributed by atoms with E-state index in [0.29, 0.717) is 37.5 Å². The molecule has 5 rings (SSSR count). The molecule has 5 aromatic rings. The van der Waals surface area contributed by atoms with Crippen LogP contribution in [0.4, 0.5) is 21.5 Å². The van der Waals surface area contributed by atoms with E-state index in [2.05, 4.69) is 20.9 Å². The zero-order valence-electron chi connectivity index (χ0n) is 29.9. The Morgan fingerprint density at radius 3 is 2.39 bits per heavy atom. The lowest BCUT2D eigenvalue weighted by Gasteiger charge is -2.22. The van der Waals surface area contributed by atoms with Crippen molar-refractivity contribution < 1.29 is 22.5 Å². The highest BCUT2D eigenvalue weighted by atomic mass is 32.2. The minimum Gasteiger partial charge on any atom is -0.384 e. The molecule has 0 radical (unpaired) electrons. The number of nitrogens with one attached hydrogen (secondary N) is 4. The van der Waals surface area contributed by atoms with Crippen molar-refractivity contribution in [2.24, 2.45) is 0 Å². The van der Waals surface area contributed by atoms with Crippen LogP contribution in [0.1, 0.15) is 22.3 Å². The fourth-order valence-electron chi connectivity index (χ4n) is 5.44. The van der Waals surface area contributed by atoms with Gasteiger partial charge in [0.25, 0.3) is 21.6 Å². The zero-order valence-corrected chi connectivity index (χ0v) is 31.5. The molecule has 0 saturated carbocycles. The highest BCUT2D eigenvalue weighted by Gasteiger charge is 2.25. The number of nitrogens with zero attached hydrogens (tertiary/aromatic N) is 3. The summed E-state index contributed by atoms with van der Waals surface area (Å²) < 4.78 is 41.9. The number of benzene rings is 4. The van der Waals surface area contributed by atoms with Crippen LogP contribution in [0.25, 0.3) is 11.3 Å². The Labute approximate surface area is 318 Å². The molecule has 4 aromatic carbocycles. The first-order valence-electron chi connectivity index (χ1n) is 17.2. The van der Waals surface area contributed by atoms with Gasteiger partial charge in [0.05, 0.1) is 15.5 Å². The number of nitro benzene ring substituents is 1. The first kappa shape index (κ1) is 39.8. The van der Waals surface area contributed by atoms with Gasteiger partial charge in [-0.2, -0.15) is 0 Å². The molecule has 1 amide bonds. The van der Waals surface area contributed by atoms with Crippen LogP contribution >= 0.6 is 11.8 Å². The molecule has 4 N–H and O–H groups in total.